The van der Waals surface area contributed by atoms with Gasteiger partial charge in [0.05, 0.1) is 17.4 Å². The lowest BCUT2D eigenvalue weighted by Gasteiger charge is -2.35. The topological polar surface area (TPSA) is 52.6 Å². The zero-order chi connectivity index (χ0) is 18.6. The van der Waals surface area contributed by atoms with Crippen LogP contribution in [0.4, 0.5) is 11.5 Å². The summed E-state index contributed by atoms with van der Waals surface area (Å²) < 4.78 is 0. The normalized spacial score (nSPS) is 18.6. The molecule has 2 aliphatic rings. The van der Waals surface area contributed by atoms with Gasteiger partial charge in [0.15, 0.2) is 0 Å². The molecule has 4 rings (SSSR count). The molecule has 0 aromatic carbocycles. The Balaban J connectivity index is 1.39. The molecule has 0 bridgehead atoms. The first-order valence-electron chi connectivity index (χ1n) is 9.86. The number of pyridine rings is 2. The monoisotopic (exact) mass is 365 g/mol. The Hall–Kier alpha value is -2.63. The van der Waals surface area contributed by atoms with Crippen LogP contribution in [0.25, 0.3) is 0 Å². The molecule has 0 saturated carbocycles. The zero-order valence-corrected chi connectivity index (χ0v) is 15.9. The number of carbonyl (C=O) groups excluding carboxylic acids is 1. The molecule has 27 heavy (non-hydrogen) atoms. The minimum Gasteiger partial charge on any atom is -0.370 e. The summed E-state index contributed by atoms with van der Waals surface area (Å²) in [4.78, 5) is 28.2. The number of anilines is 2. The Bertz CT molecular complexity index is 765. The summed E-state index contributed by atoms with van der Waals surface area (Å²) in [5.74, 6) is 1.84. The van der Waals surface area contributed by atoms with Gasteiger partial charge in [0.2, 0.25) is 0 Å². The van der Waals surface area contributed by atoms with Gasteiger partial charge >= 0.3 is 0 Å². The predicted molar refractivity (Wildman–Crippen MR) is 107 cm³/mol. The van der Waals surface area contributed by atoms with E-state index in [0.29, 0.717) is 18.7 Å². The van der Waals surface area contributed by atoms with Crippen LogP contribution >= 0.6 is 0 Å². The van der Waals surface area contributed by atoms with Crippen LogP contribution in [0.15, 0.2) is 42.9 Å². The highest BCUT2D eigenvalue weighted by Gasteiger charge is 2.24. The molecule has 0 unspecified atom stereocenters. The number of rotatable bonds is 3. The Kier molecular flexibility index (Phi) is 5.23. The lowest BCUT2D eigenvalue weighted by molar-refractivity contribution is 0.0746. The summed E-state index contributed by atoms with van der Waals surface area (Å²) in [6.45, 7) is 7.42. The average molecular weight is 365 g/mol. The van der Waals surface area contributed by atoms with Gasteiger partial charge in [0.1, 0.15) is 5.82 Å². The molecule has 2 aliphatic heterocycles. The summed E-state index contributed by atoms with van der Waals surface area (Å²) in [6, 6.07) is 7.95. The van der Waals surface area contributed by atoms with Crippen molar-refractivity contribution < 1.29 is 4.79 Å². The molecular weight excluding hydrogens is 338 g/mol. The van der Waals surface area contributed by atoms with E-state index in [4.69, 9.17) is 0 Å². The first-order valence-corrected chi connectivity index (χ1v) is 9.86. The maximum atomic E-state index is 13.0. The highest BCUT2D eigenvalue weighted by Crippen LogP contribution is 2.23. The number of amides is 1. The molecule has 2 fully saturated rings. The van der Waals surface area contributed by atoms with E-state index < -0.39 is 0 Å². The quantitative estimate of drug-likeness (QED) is 0.837. The van der Waals surface area contributed by atoms with Gasteiger partial charge in [-0.15, -0.1) is 0 Å². The molecule has 6 nitrogen and oxygen atoms in total. The first-order chi connectivity index (χ1) is 13.2. The number of piperazine rings is 1. The van der Waals surface area contributed by atoms with E-state index in [-0.39, 0.29) is 5.91 Å². The van der Waals surface area contributed by atoms with Gasteiger partial charge in [-0.25, -0.2) is 4.98 Å². The van der Waals surface area contributed by atoms with Gasteiger partial charge in [-0.2, -0.15) is 0 Å². The number of nitrogens with zero attached hydrogens (tertiary/aromatic N) is 5. The number of aromatic nitrogens is 2. The van der Waals surface area contributed by atoms with Crippen LogP contribution in [-0.4, -0.2) is 60.0 Å². The minimum atomic E-state index is 0.0791. The van der Waals surface area contributed by atoms with Crippen molar-refractivity contribution in [3.05, 3.63) is 48.4 Å². The van der Waals surface area contributed by atoms with Crippen LogP contribution in [-0.2, 0) is 0 Å². The van der Waals surface area contributed by atoms with Crippen molar-refractivity contribution in [2.75, 3.05) is 49.1 Å². The summed E-state index contributed by atoms with van der Waals surface area (Å²) in [7, 11) is 0. The van der Waals surface area contributed by atoms with Gasteiger partial charge in [-0.05, 0) is 37.0 Å². The second-order valence-corrected chi connectivity index (χ2v) is 7.57. The number of hydrogen-bond acceptors (Lipinski definition) is 5. The smallest absolute Gasteiger partial charge is 0.255 e. The fraction of sp³-hybridized carbons (Fsp3) is 0.476. The van der Waals surface area contributed by atoms with Crippen LogP contribution in [0.2, 0.25) is 0 Å². The molecule has 4 heterocycles. The molecule has 0 spiro atoms. The summed E-state index contributed by atoms with van der Waals surface area (Å²) in [6.07, 6.45) is 7.79. The van der Waals surface area contributed by atoms with Crippen molar-refractivity contribution in [2.45, 2.75) is 19.8 Å². The zero-order valence-electron chi connectivity index (χ0n) is 15.9. The standard InChI is InChI=1S/C21H27N5O/c1-17-5-8-24(9-6-17)19-14-18(15-22-16-19)21(27)26-12-10-25(11-13-26)20-4-2-3-7-23-20/h2-4,7,14-17H,5-6,8-13H2,1H3. The fourth-order valence-electron chi connectivity index (χ4n) is 3.85. The molecule has 1 amide bonds. The first kappa shape index (κ1) is 17.8. The van der Waals surface area contributed by atoms with E-state index in [1.807, 2.05) is 41.6 Å². The second-order valence-electron chi connectivity index (χ2n) is 7.57. The third-order valence-corrected chi connectivity index (χ3v) is 5.66. The SMILES string of the molecule is CC1CCN(c2cncc(C(=O)N3CCN(c4ccccn4)CC3)c2)CC1. The van der Waals surface area contributed by atoms with Crippen LogP contribution in [0.5, 0.6) is 0 Å². The number of piperidine rings is 1. The Morgan fingerprint density at radius 3 is 2.48 bits per heavy atom. The van der Waals surface area contributed by atoms with Crippen molar-refractivity contribution in [1.29, 1.82) is 0 Å². The summed E-state index contributed by atoms with van der Waals surface area (Å²) in [5, 5.41) is 0. The van der Waals surface area contributed by atoms with Crippen molar-refractivity contribution in [3.8, 4) is 0 Å². The highest BCUT2D eigenvalue weighted by molar-refractivity contribution is 5.95. The molecule has 0 N–H and O–H groups in total. The summed E-state index contributed by atoms with van der Waals surface area (Å²) >= 11 is 0. The van der Waals surface area contributed by atoms with Gasteiger partial charge in [0, 0.05) is 51.7 Å². The van der Waals surface area contributed by atoms with Crippen LogP contribution in [0.3, 0.4) is 0 Å². The highest BCUT2D eigenvalue weighted by atomic mass is 16.2. The average Bonchev–Trinajstić information content (AvgIpc) is 2.75. The third-order valence-electron chi connectivity index (χ3n) is 5.66. The molecule has 2 aromatic heterocycles. The largest absolute Gasteiger partial charge is 0.370 e. The van der Waals surface area contributed by atoms with Crippen molar-refractivity contribution >= 4 is 17.4 Å². The van der Waals surface area contributed by atoms with E-state index in [1.165, 1.54) is 12.8 Å². The van der Waals surface area contributed by atoms with E-state index in [9.17, 15) is 4.79 Å². The molecule has 2 aromatic rings. The van der Waals surface area contributed by atoms with Gasteiger partial charge < -0.3 is 14.7 Å². The lowest BCUT2D eigenvalue weighted by atomic mass is 9.99. The Morgan fingerprint density at radius 2 is 1.78 bits per heavy atom. The van der Waals surface area contributed by atoms with Gasteiger partial charge in [-0.3, -0.25) is 9.78 Å². The molecule has 0 radical (unpaired) electrons. The molecule has 0 atom stereocenters. The van der Waals surface area contributed by atoms with Crippen LogP contribution in [0, 0.1) is 5.92 Å². The van der Waals surface area contributed by atoms with Crippen molar-refractivity contribution in [2.24, 2.45) is 5.92 Å². The number of carbonyl (C=O) groups is 1. The second kappa shape index (κ2) is 7.94. The van der Waals surface area contributed by atoms with E-state index >= 15 is 0 Å². The molecule has 6 heteroatoms. The third kappa shape index (κ3) is 4.04. The van der Waals surface area contributed by atoms with E-state index in [0.717, 1.165) is 43.6 Å². The van der Waals surface area contributed by atoms with E-state index in [2.05, 4.69) is 26.7 Å². The molecule has 2 saturated heterocycles. The van der Waals surface area contributed by atoms with Crippen molar-refractivity contribution in [3.63, 3.8) is 0 Å². The maximum Gasteiger partial charge on any atom is 0.255 e. The predicted octanol–water partition coefficient (Wildman–Crippen LogP) is 2.68. The van der Waals surface area contributed by atoms with E-state index in [1.54, 1.807) is 6.20 Å². The molecule has 142 valence electrons. The molecular formula is C21H27N5O. The summed E-state index contributed by atoms with van der Waals surface area (Å²) in [5.41, 5.74) is 1.76. The van der Waals surface area contributed by atoms with Crippen molar-refractivity contribution in [1.82, 2.24) is 14.9 Å². The molecule has 0 aliphatic carbocycles. The fourth-order valence-corrected chi connectivity index (χ4v) is 3.85. The maximum absolute atomic E-state index is 13.0. The van der Waals surface area contributed by atoms with Gasteiger partial charge in [-0.1, -0.05) is 13.0 Å². The number of hydrogen-bond donors (Lipinski definition) is 0. The van der Waals surface area contributed by atoms with Crippen LogP contribution in [0.1, 0.15) is 30.1 Å². The minimum absolute atomic E-state index is 0.0791. The lowest BCUT2D eigenvalue weighted by Crippen LogP contribution is -2.49. The Morgan fingerprint density at radius 1 is 1.00 bits per heavy atom. The Labute approximate surface area is 160 Å². The van der Waals surface area contributed by atoms with Gasteiger partial charge in [0.25, 0.3) is 5.91 Å². The van der Waals surface area contributed by atoms with Crippen LogP contribution < -0.4 is 9.80 Å².